The van der Waals surface area contributed by atoms with Crippen molar-refractivity contribution in [2.45, 2.75) is 65.3 Å². The van der Waals surface area contributed by atoms with Crippen LogP contribution < -0.4 is 10.6 Å². The van der Waals surface area contributed by atoms with Crippen LogP contribution in [0.2, 0.25) is 0 Å². The average molecular weight is 471 g/mol. The zero-order valence-electron chi connectivity index (χ0n) is 20.9. The number of para-hydroxylation sites is 1. The number of nitrogens with zero attached hydrogens (tertiary/aromatic N) is 2. The van der Waals surface area contributed by atoms with Gasteiger partial charge in [-0.2, -0.15) is 0 Å². The monoisotopic (exact) mass is 470 g/mol. The molecule has 0 aromatic heterocycles. The highest BCUT2D eigenvalue weighted by Gasteiger charge is 2.41. The highest BCUT2D eigenvalue weighted by molar-refractivity contribution is 6.04. The van der Waals surface area contributed by atoms with Crippen LogP contribution in [0.1, 0.15) is 70.2 Å². The number of anilines is 1. The third-order valence-electron chi connectivity index (χ3n) is 6.71. The van der Waals surface area contributed by atoms with E-state index in [0.29, 0.717) is 50.3 Å². The molecule has 0 radical (unpaired) electrons. The molecule has 2 aliphatic heterocycles. The Kier molecular flexibility index (Phi) is 8.33. The van der Waals surface area contributed by atoms with E-state index in [2.05, 4.69) is 17.6 Å². The summed E-state index contributed by atoms with van der Waals surface area (Å²) in [7, 11) is 0. The summed E-state index contributed by atoms with van der Waals surface area (Å²) in [5, 5.41) is 5.82. The second kappa shape index (κ2) is 11.0. The summed E-state index contributed by atoms with van der Waals surface area (Å²) in [6.07, 6.45) is 3.28. The molecule has 2 heterocycles. The SMILES string of the molecule is CCCCNC(=O)c1ccccc1NC(=O)C1CCN(C(=O)C2CC(=O)N(C(C)(C)C)C2)CC1. The summed E-state index contributed by atoms with van der Waals surface area (Å²) in [6.45, 7) is 10.1. The van der Waals surface area contributed by atoms with Crippen LogP contribution in [-0.2, 0) is 14.4 Å². The van der Waals surface area contributed by atoms with Gasteiger partial charge in [-0.05, 0) is 52.2 Å². The van der Waals surface area contributed by atoms with E-state index < -0.39 is 0 Å². The Balaban J connectivity index is 1.53. The lowest BCUT2D eigenvalue weighted by atomic mass is 9.94. The molecule has 1 aromatic rings. The van der Waals surface area contributed by atoms with Gasteiger partial charge < -0.3 is 20.4 Å². The number of carbonyl (C=O) groups is 4. The summed E-state index contributed by atoms with van der Waals surface area (Å²) < 4.78 is 0. The quantitative estimate of drug-likeness (QED) is 0.599. The van der Waals surface area contributed by atoms with Gasteiger partial charge in [0, 0.05) is 44.1 Å². The molecule has 2 fully saturated rings. The zero-order valence-corrected chi connectivity index (χ0v) is 20.9. The Morgan fingerprint density at radius 1 is 1.06 bits per heavy atom. The molecular formula is C26H38N4O4. The summed E-state index contributed by atoms with van der Waals surface area (Å²) in [6, 6.07) is 7.03. The second-order valence-corrected chi connectivity index (χ2v) is 10.3. The lowest BCUT2D eigenvalue weighted by Crippen LogP contribution is -2.46. The van der Waals surface area contributed by atoms with Gasteiger partial charge >= 0.3 is 0 Å². The summed E-state index contributed by atoms with van der Waals surface area (Å²) >= 11 is 0. The third kappa shape index (κ3) is 6.15. The average Bonchev–Trinajstić information content (AvgIpc) is 3.21. The van der Waals surface area contributed by atoms with Gasteiger partial charge in [0.05, 0.1) is 17.2 Å². The van der Waals surface area contributed by atoms with Crippen molar-refractivity contribution >= 4 is 29.3 Å². The van der Waals surface area contributed by atoms with Crippen LogP contribution in [0.25, 0.3) is 0 Å². The van der Waals surface area contributed by atoms with E-state index in [4.69, 9.17) is 0 Å². The molecule has 4 amide bonds. The lowest BCUT2D eigenvalue weighted by molar-refractivity contribution is -0.138. The molecule has 3 rings (SSSR count). The van der Waals surface area contributed by atoms with E-state index in [-0.39, 0.29) is 47.4 Å². The van der Waals surface area contributed by atoms with Crippen molar-refractivity contribution in [1.29, 1.82) is 0 Å². The standard InChI is InChI=1S/C26H38N4O4/c1-5-6-13-27-24(33)20-9-7-8-10-21(20)28-23(32)18-11-14-29(15-12-18)25(34)19-16-22(31)30(17-19)26(2,3)4/h7-10,18-19H,5-6,11-17H2,1-4H3,(H,27,33)(H,28,32). The topological polar surface area (TPSA) is 98.8 Å². The molecule has 2 aliphatic rings. The van der Waals surface area contributed by atoms with Crippen molar-refractivity contribution in [1.82, 2.24) is 15.1 Å². The first-order valence-electron chi connectivity index (χ1n) is 12.4. The highest BCUT2D eigenvalue weighted by atomic mass is 16.2. The van der Waals surface area contributed by atoms with Crippen molar-refractivity contribution in [3.8, 4) is 0 Å². The van der Waals surface area contributed by atoms with E-state index in [9.17, 15) is 19.2 Å². The molecule has 0 spiro atoms. The van der Waals surface area contributed by atoms with Crippen LogP contribution in [0.3, 0.4) is 0 Å². The molecule has 34 heavy (non-hydrogen) atoms. The minimum Gasteiger partial charge on any atom is -0.352 e. The first-order valence-corrected chi connectivity index (χ1v) is 12.4. The van der Waals surface area contributed by atoms with E-state index >= 15 is 0 Å². The fourth-order valence-electron chi connectivity index (χ4n) is 4.64. The van der Waals surface area contributed by atoms with Gasteiger partial charge in [-0.3, -0.25) is 19.2 Å². The molecule has 0 bridgehead atoms. The van der Waals surface area contributed by atoms with Crippen molar-refractivity contribution in [2.24, 2.45) is 11.8 Å². The van der Waals surface area contributed by atoms with Gasteiger partial charge in [0.15, 0.2) is 0 Å². The Hall–Kier alpha value is -2.90. The summed E-state index contributed by atoms with van der Waals surface area (Å²) in [5.74, 6) is -0.826. The Labute approximate surface area is 202 Å². The lowest BCUT2D eigenvalue weighted by Gasteiger charge is -2.34. The minimum absolute atomic E-state index is 0.00746. The van der Waals surface area contributed by atoms with E-state index in [1.165, 1.54) is 0 Å². The Morgan fingerprint density at radius 3 is 2.35 bits per heavy atom. The molecule has 1 atom stereocenters. The fraction of sp³-hybridized carbons (Fsp3) is 0.615. The van der Waals surface area contributed by atoms with Gasteiger partial charge in [0.1, 0.15) is 0 Å². The van der Waals surface area contributed by atoms with Crippen LogP contribution >= 0.6 is 0 Å². The van der Waals surface area contributed by atoms with E-state index in [0.717, 1.165) is 12.8 Å². The van der Waals surface area contributed by atoms with Gasteiger partial charge in [0.25, 0.3) is 5.91 Å². The van der Waals surface area contributed by atoms with Gasteiger partial charge in [-0.15, -0.1) is 0 Å². The predicted molar refractivity (Wildman–Crippen MR) is 131 cm³/mol. The number of likely N-dealkylation sites (tertiary alicyclic amines) is 2. The van der Waals surface area contributed by atoms with E-state index in [1.807, 2.05) is 20.8 Å². The number of amides is 4. The number of piperidine rings is 1. The number of carbonyl (C=O) groups excluding carboxylic acids is 4. The molecule has 0 saturated carbocycles. The van der Waals surface area contributed by atoms with Crippen molar-refractivity contribution in [2.75, 3.05) is 31.5 Å². The molecule has 2 saturated heterocycles. The predicted octanol–water partition coefficient (Wildman–Crippen LogP) is 3.04. The molecule has 186 valence electrons. The van der Waals surface area contributed by atoms with Crippen molar-refractivity contribution in [3.63, 3.8) is 0 Å². The molecule has 0 aliphatic carbocycles. The zero-order chi connectivity index (χ0) is 24.9. The number of hydrogen-bond acceptors (Lipinski definition) is 4. The van der Waals surface area contributed by atoms with Gasteiger partial charge in [0.2, 0.25) is 17.7 Å². The molecule has 1 unspecified atom stereocenters. The summed E-state index contributed by atoms with van der Waals surface area (Å²) in [5.41, 5.74) is 0.668. The van der Waals surface area contributed by atoms with Crippen LogP contribution in [-0.4, -0.2) is 65.1 Å². The number of hydrogen-bond donors (Lipinski definition) is 2. The largest absolute Gasteiger partial charge is 0.352 e. The van der Waals surface area contributed by atoms with Crippen molar-refractivity contribution in [3.05, 3.63) is 29.8 Å². The molecule has 8 heteroatoms. The van der Waals surface area contributed by atoms with Crippen LogP contribution in [0.15, 0.2) is 24.3 Å². The van der Waals surface area contributed by atoms with Crippen LogP contribution in [0.5, 0.6) is 0 Å². The Morgan fingerprint density at radius 2 is 1.74 bits per heavy atom. The molecular weight excluding hydrogens is 432 g/mol. The maximum Gasteiger partial charge on any atom is 0.253 e. The molecule has 2 N–H and O–H groups in total. The summed E-state index contributed by atoms with van der Waals surface area (Å²) in [4.78, 5) is 54.4. The van der Waals surface area contributed by atoms with Crippen LogP contribution in [0, 0.1) is 11.8 Å². The first-order chi connectivity index (χ1) is 16.1. The fourth-order valence-corrected chi connectivity index (χ4v) is 4.64. The van der Waals surface area contributed by atoms with Crippen molar-refractivity contribution < 1.29 is 19.2 Å². The minimum atomic E-state index is -0.310. The van der Waals surface area contributed by atoms with E-state index in [1.54, 1.807) is 34.1 Å². The normalized spacial score (nSPS) is 19.3. The first kappa shape index (κ1) is 25.7. The number of benzene rings is 1. The Bertz CT molecular complexity index is 916. The number of unbranched alkanes of at least 4 members (excludes halogenated alkanes) is 1. The smallest absolute Gasteiger partial charge is 0.253 e. The second-order valence-electron chi connectivity index (χ2n) is 10.3. The number of rotatable bonds is 7. The maximum atomic E-state index is 13.0. The highest BCUT2D eigenvalue weighted by Crippen LogP contribution is 2.29. The van der Waals surface area contributed by atoms with Crippen LogP contribution in [0.4, 0.5) is 5.69 Å². The van der Waals surface area contributed by atoms with Gasteiger partial charge in [-0.25, -0.2) is 0 Å². The molecule has 8 nitrogen and oxygen atoms in total. The third-order valence-corrected chi connectivity index (χ3v) is 6.71. The molecule has 1 aromatic carbocycles. The van der Waals surface area contributed by atoms with Gasteiger partial charge in [-0.1, -0.05) is 25.5 Å². The maximum absolute atomic E-state index is 13.0. The number of nitrogens with one attached hydrogen (secondary N) is 2.